The van der Waals surface area contributed by atoms with E-state index in [2.05, 4.69) is 30.4 Å². The fraction of sp³-hybridized carbons (Fsp3) is 0.417. The summed E-state index contributed by atoms with van der Waals surface area (Å²) in [7, 11) is 1.61. The first-order chi connectivity index (χ1) is 20.9. The maximum Gasteiger partial charge on any atom is 0.254 e. The van der Waals surface area contributed by atoms with Crippen molar-refractivity contribution in [3.05, 3.63) is 101 Å². The number of hydrogen-bond acceptors (Lipinski definition) is 4. The van der Waals surface area contributed by atoms with Crippen molar-refractivity contribution in [2.24, 2.45) is 0 Å². The van der Waals surface area contributed by atoms with Crippen molar-refractivity contribution >= 4 is 17.7 Å². The van der Waals surface area contributed by atoms with Crippen molar-refractivity contribution in [2.45, 2.75) is 83.0 Å². The van der Waals surface area contributed by atoms with Crippen LogP contribution in [0.15, 0.2) is 78.9 Å². The number of ether oxygens (including phenoxy) is 1. The monoisotopic (exact) mass is 581 g/mol. The fourth-order valence-corrected chi connectivity index (χ4v) is 6.56. The van der Waals surface area contributed by atoms with Crippen molar-refractivity contribution in [1.82, 2.24) is 15.1 Å². The van der Waals surface area contributed by atoms with Gasteiger partial charge in [-0.2, -0.15) is 0 Å². The highest BCUT2D eigenvalue weighted by Crippen LogP contribution is 2.28. The summed E-state index contributed by atoms with van der Waals surface area (Å²) in [5, 5.41) is 3.33. The summed E-state index contributed by atoms with van der Waals surface area (Å²) in [6.45, 7) is 3.11. The molecule has 7 heteroatoms. The Balaban J connectivity index is 1.32. The molecule has 3 atom stereocenters. The quantitative estimate of drug-likeness (QED) is 0.333. The van der Waals surface area contributed by atoms with Gasteiger partial charge in [-0.05, 0) is 74.4 Å². The molecule has 0 radical (unpaired) electrons. The summed E-state index contributed by atoms with van der Waals surface area (Å²) in [5.41, 5.74) is 3.91. The van der Waals surface area contributed by atoms with E-state index < -0.39 is 6.04 Å². The maximum atomic E-state index is 14.1. The Morgan fingerprint density at radius 3 is 2.37 bits per heavy atom. The number of benzene rings is 3. The van der Waals surface area contributed by atoms with Gasteiger partial charge in [-0.25, -0.2) is 0 Å². The molecular weight excluding hydrogens is 538 g/mol. The molecule has 1 aliphatic heterocycles. The highest BCUT2D eigenvalue weighted by molar-refractivity contribution is 5.95. The number of methoxy groups -OCH3 is 1. The molecule has 3 aromatic rings. The van der Waals surface area contributed by atoms with E-state index in [0.29, 0.717) is 43.7 Å². The minimum Gasteiger partial charge on any atom is -0.497 e. The number of rotatable bonds is 10. The van der Waals surface area contributed by atoms with Crippen LogP contribution in [0.25, 0.3) is 0 Å². The molecule has 1 saturated carbocycles. The Morgan fingerprint density at radius 2 is 1.63 bits per heavy atom. The largest absolute Gasteiger partial charge is 0.497 e. The minimum absolute atomic E-state index is 0.0254. The van der Waals surface area contributed by atoms with Gasteiger partial charge in [-0.1, -0.05) is 73.0 Å². The van der Waals surface area contributed by atoms with Gasteiger partial charge in [0.15, 0.2) is 0 Å². The molecule has 5 rings (SSSR count). The van der Waals surface area contributed by atoms with Crippen LogP contribution in [-0.2, 0) is 22.6 Å². The summed E-state index contributed by atoms with van der Waals surface area (Å²) < 4.78 is 5.31. The van der Waals surface area contributed by atoms with Gasteiger partial charge in [0.1, 0.15) is 11.8 Å². The zero-order valence-corrected chi connectivity index (χ0v) is 25.3. The zero-order valence-electron chi connectivity index (χ0n) is 25.3. The molecule has 3 aromatic carbocycles. The van der Waals surface area contributed by atoms with Gasteiger partial charge in [0, 0.05) is 31.1 Å². The smallest absolute Gasteiger partial charge is 0.254 e. The van der Waals surface area contributed by atoms with E-state index in [4.69, 9.17) is 4.74 Å². The third-order valence-corrected chi connectivity index (χ3v) is 8.84. The molecule has 3 amide bonds. The Bertz CT molecular complexity index is 1390. The van der Waals surface area contributed by atoms with Crippen LogP contribution in [0.5, 0.6) is 5.75 Å². The molecule has 1 aliphatic carbocycles. The highest BCUT2D eigenvalue weighted by atomic mass is 16.5. The maximum absolute atomic E-state index is 14.1. The van der Waals surface area contributed by atoms with Crippen LogP contribution < -0.4 is 10.1 Å². The van der Waals surface area contributed by atoms with Crippen molar-refractivity contribution in [3.63, 3.8) is 0 Å². The predicted octanol–water partition coefficient (Wildman–Crippen LogP) is 5.70. The van der Waals surface area contributed by atoms with E-state index in [-0.39, 0.29) is 29.8 Å². The van der Waals surface area contributed by atoms with Crippen molar-refractivity contribution in [2.75, 3.05) is 13.7 Å². The van der Waals surface area contributed by atoms with Crippen LogP contribution in [0.3, 0.4) is 0 Å². The number of carbonyl (C=O) groups is 3. The van der Waals surface area contributed by atoms with Gasteiger partial charge in [0.25, 0.3) is 5.91 Å². The van der Waals surface area contributed by atoms with Gasteiger partial charge in [-0.15, -0.1) is 0 Å². The summed E-state index contributed by atoms with van der Waals surface area (Å²) in [4.78, 5) is 44.7. The lowest BCUT2D eigenvalue weighted by molar-refractivity contribution is -0.139. The van der Waals surface area contributed by atoms with E-state index >= 15 is 0 Å². The summed E-state index contributed by atoms with van der Waals surface area (Å²) in [6, 6.07) is 24.6. The SMILES string of the molecule is COc1ccc(C(=O)N(Cc2cccc(C)c2)[C@@H]2CCCC[C@H]2NC(=O)[C@@H]2CCCN2C(=O)CCc2ccccc2)cc1. The molecule has 1 heterocycles. The Kier molecular flexibility index (Phi) is 10.1. The Labute approximate surface area is 255 Å². The van der Waals surface area contributed by atoms with Crippen LogP contribution in [-0.4, -0.2) is 59.3 Å². The second-order valence-electron chi connectivity index (χ2n) is 11.8. The molecule has 2 fully saturated rings. The predicted molar refractivity (Wildman–Crippen MR) is 168 cm³/mol. The topological polar surface area (TPSA) is 79.0 Å². The van der Waals surface area contributed by atoms with Crippen LogP contribution in [0, 0.1) is 6.92 Å². The number of hydrogen-bond donors (Lipinski definition) is 1. The van der Waals surface area contributed by atoms with Crippen LogP contribution in [0.4, 0.5) is 0 Å². The zero-order chi connectivity index (χ0) is 30.2. The molecule has 226 valence electrons. The molecule has 0 bridgehead atoms. The first-order valence-electron chi connectivity index (χ1n) is 15.6. The van der Waals surface area contributed by atoms with Crippen LogP contribution >= 0.6 is 0 Å². The van der Waals surface area contributed by atoms with E-state index in [0.717, 1.165) is 48.8 Å². The van der Waals surface area contributed by atoms with Gasteiger partial charge in [-0.3, -0.25) is 14.4 Å². The van der Waals surface area contributed by atoms with Gasteiger partial charge in [0.2, 0.25) is 11.8 Å². The summed E-state index contributed by atoms with van der Waals surface area (Å²) in [5.74, 6) is 0.560. The van der Waals surface area contributed by atoms with Crippen LogP contribution in [0.2, 0.25) is 0 Å². The third-order valence-electron chi connectivity index (χ3n) is 8.84. The second kappa shape index (κ2) is 14.4. The van der Waals surface area contributed by atoms with E-state index in [9.17, 15) is 14.4 Å². The highest BCUT2D eigenvalue weighted by Gasteiger charge is 2.39. The van der Waals surface area contributed by atoms with Crippen molar-refractivity contribution < 1.29 is 19.1 Å². The number of nitrogens with zero attached hydrogens (tertiary/aromatic N) is 2. The van der Waals surface area contributed by atoms with E-state index in [1.54, 1.807) is 24.1 Å². The Morgan fingerprint density at radius 1 is 0.884 bits per heavy atom. The molecule has 7 nitrogen and oxygen atoms in total. The second-order valence-corrected chi connectivity index (χ2v) is 11.8. The van der Waals surface area contributed by atoms with Crippen LogP contribution in [0.1, 0.15) is 72.0 Å². The standard InChI is InChI=1S/C36H43N3O4/c1-26-10-8-13-28(24-26)25-39(36(42)29-18-20-30(43-2)21-19-29)32-15-7-6-14-31(32)37-35(41)33-16-9-23-38(33)34(40)22-17-27-11-4-3-5-12-27/h3-5,8,10-13,18-21,24,31-33H,6-7,9,14-17,22-23,25H2,1-2H3,(H,37,41)/t31-,32-,33+/m1/s1. The molecular formula is C36H43N3O4. The fourth-order valence-electron chi connectivity index (χ4n) is 6.56. The lowest BCUT2D eigenvalue weighted by Gasteiger charge is -2.41. The number of amides is 3. The molecule has 1 saturated heterocycles. The van der Waals surface area contributed by atoms with Gasteiger partial charge in [0.05, 0.1) is 13.2 Å². The van der Waals surface area contributed by atoms with E-state index in [1.807, 2.05) is 53.4 Å². The average molecular weight is 582 g/mol. The summed E-state index contributed by atoms with van der Waals surface area (Å²) in [6.07, 6.45) is 6.12. The number of carbonyl (C=O) groups excluding carboxylic acids is 3. The first-order valence-corrected chi connectivity index (χ1v) is 15.6. The first kappa shape index (κ1) is 30.3. The average Bonchev–Trinajstić information content (AvgIpc) is 3.54. The molecule has 43 heavy (non-hydrogen) atoms. The molecule has 0 unspecified atom stereocenters. The lowest BCUT2D eigenvalue weighted by Crippen LogP contribution is -2.57. The van der Waals surface area contributed by atoms with Crippen molar-refractivity contribution in [1.29, 1.82) is 0 Å². The number of nitrogens with one attached hydrogen (secondary N) is 1. The molecule has 0 spiro atoms. The molecule has 0 aromatic heterocycles. The molecule has 1 N–H and O–H groups in total. The van der Waals surface area contributed by atoms with Gasteiger partial charge < -0.3 is 19.9 Å². The van der Waals surface area contributed by atoms with Crippen molar-refractivity contribution in [3.8, 4) is 5.75 Å². The Hall–Kier alpha value is -4.13. The normalized spacial score (nSPS) is 20.0. The molecule has 2 aliphatic rings. The number of likely N-dealkylation sites (tertiary alicyclic amines) is 1. The minimum atomic E-state index is -0.464. The lowest BCUT2D eigenvalue weighted by atomic mass is 9.88. The third kappa shape index (κ3) is 7.64. The van der Waals surface area contributed by atoms with E-state index in [1.165, 1.54) is 0 Å². The summed E-state index contributed by atoms with van der Waals surface area (Å²) >= 11 is 0. The van der Waals surface area contributed by atoms with Gasteiger partial charge >= 0.3 is 0 Å². The number of aryl methyl sites for hydroxylation is 2.